The molecule has 0 aliphatic carbocycles. The van der Waals surface area contributed by atoms with Crippen LogP contribution in [-0.4, -0.2) is 50.9 Å². The Morgan fingerprint density at radius 1 is 1.39 bits per heavy atom. The van der Waals surface area contributed by atoms with Crippen molar-refractivity contribution in [2.75, 3.05) is 26.3 Å². The number of furan rings is 1. The number of rotatable bonds is 4. The van der Waals surface area contributed by atoms with E-state index in [4.69, 9.17) is 9.15 Å². The van der Waals surface area contributed by atoms with E-state index >= 15 is 0 Å². The van der Waals surface area contributed by atoms with Crippen molar-refractivity contribution in [3.63, 3.8) is 0 Å². The number of aryl methyl sites for hydroxylation is 1. The summed E-state index contributed by atoms with van der Waals surface area (Å²) >= 11 is 1.46. The number of aromatic hydroxyl groups is 1. The third-order valence-corrected chi connectivity index (χ3v) is 5.10. The van der Waals surface area contributed by atoms with Crippen molar-refractivity contribution in [3.8, 4) is 5.88 Å². The van der Waals surface area contributed by atoms with E-state index in [-0.39, 0.29) is 11.9 Å². The maximum absolute atomic E-state index is 10.7. The van der Waals surface area contributed by atoms with Gasteiger partial charge in [0.2, 0.25) is 10.8 Å². The van der Waals surface area contributed by atoms with Gasteiger partial charge in [0.25, 0.3) is 0 Å². The molecule has 0 saturated carbocycles. The summed E-state index contributed by atoms with van der Waals surface area (Å²) in [6.07, 6.45) is 2.40. The Morgan fingerprint density at radius 2 is 2.22 bits per heavy atom. The largest absolute Gasteiger partial charge is 0.492 e. The van der Waals surface area contributed by atoms with E-state index < -0.39 is 0 Å². The van der Waals surface area contributed by atoms with Crippen molar-refractivity contribution >= 4 is 16.3 Å². The van der Waals surface area contributed by atoms with Crippen molar-refractivity contribution in [2.24, 2.45) is 0 Å². The van der Waals surface area contributed by atoms with Gasteiger partial charge in [0.15, 0.2) is 5.82 Å². The molecule has 0 amide bonds. The molecule has 8 heteroatoms. The number of nitrogens with zero attached hydrogens (tertiary/aromatic N) is 4. The first kappa shape index (κ1) is 14.7. The van der Waals surface area contributed by atoms with Gasteiger partial charge in [0.05, 0.1) is 24.4 Å². The van der Waals surface area contributed by atoms with Gasteiger partial charge in [-0.1, -0.05) is 18.3 Å². The molecule has 0 aromatic carbocycles. The van der Waals surface area contributed by atoms with Crippen molar-refractivity contribution in [1.82, 2.24) is 19.5 Å². The van der Waals surface area contributed by atoms with Crippen LogP contribution in [-0.2, 0) is 11.2 Å². The van der Waals surface area contributed by atoms with Crippen LogP contribution >= 0.6 is 11.3 Å². The summed E-state index contributed by atoms with van der Waals surface area (Å²) < 4.78 is 12.6. The Morgan fingerprint density at radius 3 is 2.87 bits per heavy atom. The highest BCUT2D eigenvalue weighted by Crippen LogP contribution is 2.40. The molecule has 1 N–H and O–H groups in total. The Hall–Kier alpha value is -1.90. The molecule has 1 aliphatic heterocycles. The topological polar surface area (TPSA) is 76.0 Å². The second kappa shape index (κ2) is 5.95. The fraction of sp³-hybridized carbons (Fsp3) is 0.467. The average molecular weight is 334 g/mol. The smallest absolute Gasteiger partial charge is 0.230 e. The molecular weight excluding hydrogens is 316 g/mol. The molecule has 3 aromatic rings. The van der Waals surface area contributed by atoms with Gasteiger partial charge in [-0.25, -0.2) is 4.98 Å². The van der Waals surface area contributed by atoms with E-state index in [9.17, 15) is 5.11 Å². The van der Waals surface area contributed by atoms with Gasteiger partial charge in [0, 0.05) is 19.5 Å². The zero-order valence-electron chi connectivity index (χ0n) is 12.8. The van der Waals surface area contributed by atoms with E-state index in [1.54, 1.807) is 6.26 Å². The molecule has 1 aliphatic rings. The third-order valence-electron chi connectivity index (χ3n) is 4.03. The zero-order valence-corrected chi connectivity index (χ0v) is 13.6. The van der Waals surface area contributed by atoms with Crippen LogP contribution in [0.2, 0.25) is 0 Å². The number of fused-ring (bicyclic) bond motifs is 1. The van der Waals surface area contributed by atoms with E-state index in [2.05, 4.69) is 15.0 Å². The maximum atomic E-state index is 10.7. The van der Waals surface area contributed by atoms with Gasteiger partial charge >= 0.3 is 0 Å². The van der Waals surface area contributed by atoms with Gasteiger partial charge in [-0.2, -0.15) is 4.52 Å². The molecule has 4 heterocycles. The quantitative estimate of drug-likeness (QED) is 0.787. The predicted molar refractivity (Wildman–Crippen MR) is 84.8 cm³/mol. The number of thiazole rings is 1. The van der Waals surface area contributed by atoms with Crippen LogP contribution in [0, 0.1) is 0 Å². The number of hydrogen-bond acceptors (Lipinski definition) is 7. The molecular formula is C15H18N4O3S. The summed E-state index contributed by atoms with van der Waals surface area (Å²) in [6.45, 7) is 4.94. The van der Waals surface area contributed by atoms with Crippen LogP contribution < -0.4 is 0 Å². The lowest BCUT2D eigenvalue weighted by atomic mass is 10.1. The molecule has 0 bridgehead atoms. The monoisotopic (exact) mass is 334 g/mol. The molecule has 23 heavy (non-hydrogen) atoms. The average Bonchev–Trinajstić information content (AvgIpc) is 3.29. The van der Waals surface area contributed by atoms with Crippen LogP contribution in [0.3, 0.4) is 0 Å². The molecule has 1 atom stereocenters. The van der Waals surface area contributed by atoms with Gasteiger partial charge in [-0.05, 0) is 12.1 Å². The van der Waals surface area contributed by atoms with Crippen molar-refractivity contribution < 1.29 is 14.3 Å². The highest BCUT2D eigenvalue weighted by atomic mass is 32.1. The lowest BCUT2D eigenvalue weighted by Crippen LogP contribution is -2.39. The maximum Gasteiger partial charge on any atom is 0.230 e. The first-order chi connectivity index (χ1) is 11.3. The first-order valence-corrected chi connectivity index (χ1v) is 8.52. The summed E-state index contributed by atoms with van der Waals surface area (Å²) in [5.41, 5.74) is 0. The number of hydrogen-bond donors (Lipinski definition) is 1. The predicted octanol–water partition coefficient (Wildman–Crippen LogP) is 2.07. The lowest BCUT2D eigenvalue weighted by molar-refractivity contribution is 0.0203. The first-order valence-electron chi connectivity index (χ1n) is 7.70. The van der Waals surface area contributed by atoms with Crippen molar-refractivity contribution in [3.05, 3.63) is 34.9 Å². The summed E-state index contributed by atoms with van der Waals surface area (Å²) in [7, 11) is 0. The van der Waals surface area contributed by atoms with E-state index in [1.807, 2.05) is 19.1 Å². The van der Waals surface area contributed by atoms with Crippen LogP contribution in [0.1, 0.15) is 29.4 Å². The minimum absolute atomic E-state index is 0.144. The fourth-order valence-corrected chi connectivity index (χ4v) is 3.99. The Balaban J connectivity index is 1.79. The molecule has 1 saturated heterocycles. The van der Waals surface area contributed by atoms with Gasteiger partial charge in [-0.3, -0.25) is 4.90 Å². The van der Waals surface area contributed by atoms with Crippen molar-refractivity contribution in [2.45, 2.75) is 19.4 Å². The molecule has 0 unspecified atom stereocenters. The zero-order chi connectivity index (χ0) is 15.8. The van der Waals surface area contributed by atoms with Gasteiger partial charge in [0.1, 0.15) is 11.8 Å². The highest BCUT2D eigenvalue weighted by Gasteiger charge is 2.32. The fourth-order valence-electron chi connectivity index (χ4n) is 2.88. The molecule has 4 rings (SSSR count). The Kier molecular flexibility index (Phi) is 3.80. The highest BCUT2D eigenvalue weighted by molar-refractivity contribution is 7.17. The molecule has 1 fully saturated rings. The van der Waals surface area contributed by atoms with Crippen molar-refractivity contribution in [1.29, 1.82) is 0 Å². The Labute approximate surface area is 137 Å². The minimum atomic E-state index is -0.146. The lowest BCUT2D eigenvalue weighted by Gasteiger charge is -2.32. The minimum Gasteiger partial charge on any atom is -0.492 e. The molecule has 122 valence electrons. The molecule has 7 nitrogen and oxygen atoms in total. The number of aromatic nitrogens is 3. The summed E-state index contributed by atoms with van der Waals surface area (Å²) in [5.74, 6) is 1.69. The second-order valence-corrected chi connectivity index (χ2v) is 6.44. The third kappa shape index (κ3) is 2.52. The molecule has 0 radical (unpaired) electrons. The number of morpholine rings is 1. The van der Waals surface area contributed by atoms with Crippen LogP contribution in [0.15, 0.2) is 22.8 Å². The van der Waals surface area contributed by atoms with Crippen LogP contribution in [0.4, 0.5) is 0 Å². The summed E-state index contributed by atoms with van der Waals surface area (Å²) in [6, 6.07) is 3.66. The summed E-state index contributed by atoms with van der Waals surface area (Å²) in [5, 5.41) is 15.0. The van der Waals surface area contributed by atoms with E-state index in [0.29, 0.717) is 18.2 Å². The summed E-state index contributed by atoms with van der Waals surface area (Å²) in [4.78, 5) is 8.23. The molecule has 0 spiro atoms. The molecule has 3 aromatic heterocycles. The van der Waals surface area contributed by atoms with Gasteiger partial charge in [-0.15, -0.1) is 5.10 Å². The van der Waals surface area contributed by atoms with E-state index in [0.717, 1.165) is 36.0 Å². The van der Waals surface area contributed by atoms with Crippen LogP contribution in [0.25, 0.3) is 4.96 Å². The van der Waals surface area contributed by atoms with Gasteiger partial charge < -0.3 is 14.3 Å². The SMILES string of the molecule is CCc1nc2sc([C@H](c3ccco3)N3CCOCC3)c(O)n2n1. The van der Waals surface area contributed by atoms with E-state index in [1.165, 1.54) is 15.9 Å². The standard InChI is InChI=1S/C15H18N4O3S/c1-2-11-16-15-19(17-11)14(20)13(23-15)12(10-4-3-7-22-10)18-5-8-21-9-6-18/h3-4,7,12,20H,2,5-6,8-9H2,1H3/t12-/m0/s1. The number of ether oxygens (including phenoxy) is 1. The Bertz CT molecular complexity index is 789. The normalized spacial score (nSPS) is 17.8. The second-order valence-electron chi connectivity index (χ2n) is 5.43. The van der Waals surface area contributed by atoms with Crippen LogP contribution in [0.5, 0.6) is 5.88 Å².